The van der Waals surface area contributed by atoms with Gasteiger partial charge >= 0.3 is 0 Å². The third-order valence-electron chi connectivity index (χ3n) is 2.91. The topological polar surface area (TPSA) is 64.3 Å². The highest BCUT2D eigenvalue weighted by Crippen LogP contribution is 2.20. The van der Waals surface area contributed by atoms with E-state index in [1.54, 1.807) is 25.1 Å². The van der Waals surface area contributed by atoms with E-state index < -0.39 is 17.5 Å². The maximum absolute atomic E-state index is 13.0. The number of carbonyl (C=O) groups excluding carboxylic acids is 1. The Morgan fingerprint density at radius 1 is 1.24 bits per heavy atom. The first-order valence-electron chi connectivity index (χ1n) is 6.20. The maximum atomic E-state index is 13.0. The summed E-state index contributed by atoms with van der Waals surface area (Å²) in [5.74, 6) is -2.34. The van der Waals surface area contributed by atoms with Crippen LogP contribution >= 0.6 is 0 Å². The molecule has 0 fully saturated rings. The van der Waals surface area contributed by atoms with E-state index in [1.807, 2.05) is 0 Å². The summed E-state index contributed by atoms with van der Waals surface area (Å²) < 4.78 is 30.8. The van der Waals surface area contributed by atoms with Gasteiger partial charge in [0.1, 0.15) is 5.75 Å². The fourth-order valence-electron chi connectivity index (χ4n) is 1.69. The first-order chi connectivity index (χ1) is 9.97. The molecule has 0 radical (unpaired) electrons. The molecule has 0 saturated heterocycles. The van der Waals surface area contributed by atoms with E-state index in [4.69, 9.17) is 10.5 Å². The molecular weight excluding hydrogens is 278 g/mol. The Hall–Kier alpha value is -2.63. The largest absolute Gasteiger partial charge is 0.484 e. The number of anilines is 2. The zero-order chi connectivity index (χ0) is 15.4. The van der Waals surface area contributed by atoms with Crippen LogP contribution in [0.3, 0.4) is 0 Å². The van der Waals surface area contributed by atoms with Crippen LogP contribution in [0.2, 0.25) is 0 Å². The van der Waals surface area contributed by atoms with Crippen molar-refractivity contribution in [2.45, 2.75) is 6.92 Å². The Morgan fingerprint density at radius 2 is 2.00 bits per heavy atom. The summed E-state index contributed by atoms with van der Waals surface area (Å²) in [5, 5.41) is 2.64. The molecule has 0 unspecified atom stereocenters. The van der Waals surface area contributed by atoms with E-state index in [1.165, 1.54) is 6.07 Å². The van der Waals surface area contributed by atoms with Gasteiger partial charge in [0, 0.05) is 17.4 Å². The molecule has 0 spiro atoms. The Labute approximate surface area is 120 Å². The van der Waals surface area contributed by atoms with Crippen LogP contribution in [0.4, 0.5) is 20.2 Å². The van der Waals surface area contributed by atoms with Crippen molar-refractivity contribution < 1.29 is 18.3 Å². The predicted octanol–water partition coefficient (Wildman–Crippen LogP) is 2.87. The number of benzene rings is 2. The number of nitrogens with two attached hydrogens (primary N) is 1. The van der Waals surface area contributed by atoms with Crippen molar-refractivity contribution in [2.24, 2.45) is 0 Å². The SMILES string of the molecule is Cc1c(N)cccc1NC(=O)COc1ccc(F)c(F)c1. The fourth-order valence-corrected chi connectivity index (χ4v) is 1.69. The van der Waals surface area contributed by atoms with E-state index in [0.29, 0.717) is 11.4 Å². The third kappa shape index (κ3) is 3.68. The summed E-state index contributed by atoms with van der Waals surface area (Å²) in [6, 6.07) is 8.22. The maximum Gasteiger partial charge on any atom is 0.262 e. The average Bonchev–Trinajstić information content (AvgIpc) is 2.45. The molecule has 0 aromatic heterocycles. The molecule has 110 valence electrons. The number of hydrogen-bond acceptors (Lipinski definition) is 3. The van der Waals surface area contributed by atoms with Gasteiger partial charge in [0.2, 0.25) is 0 Å². The molecule has 1 amide bonds. The second kappa shape index (κ2) is 6.21. The van der Waals surface area contributed by atoms with Crippen LogP contribution in [0.1, 0.15) is 5.56 Å². The highest BCUT2D eigenvalue weighted by molar-refractivity contribution is 5.93. The van der Waals surface area contributed by atoms with Gasteiger partial charge in [-0.1, -0.05) is 6.07 Å². The second-order valence-corrected chi connectivity index (χ2v) is 4.43. The van der Waals surface area contributed by atoms with Gasteiger partial charge in [-0.2, -0.15) is 0 Å². The summed E-state index contributed by atoms with van der Waals surface area (Å²) >= 11 is 0. The van der Waals surface area contributed by atoms with E-state index >= 15 is 0 Å². The number of halogens is 2. The quantitative estimate of drug-likeness (QED) is 0.852. The van der Waals surface area contributed by atoms with Gasteiger partial charge in [-0.25, -0.2) is 8.78 Å². The summed E-state index contributed by atoms with van der Waals surface area (Å²) in [6.45, 7) is 1.46. The van der Waals surface area contributed by atoms with E-state index in [9.17, 15) is 13.6 Å². The smallest absolute Gasteiger partial charge is 0.262 e. The molecule has 0 atom stereocenters. The zero-order valence-electron chi connectivity index (χ0n) is 11.3. The van der Waals surface area contributed by atoms with Crippen molar-refractivity contribution in [1.82, 2.24) is 0 Å². The highest BCUT2D eigenvalue weighted by atomic mass is 19.2. The minimum absolute atomic E-state index is 0.0772. The lowest BCUT2D eigenvalue weighted by Gasteiger charge is -2.11. The summed E-state index contributed by atoms with van der Waals surface area (Å²) in [4.78, 5) is 11.8. The molecule has 0 aliphatic rings. The Morgan fingerprint density at radius 3 is 2.71 bits per heavy atom. The highest BCUT2D eigenvalue weighted by Gasteiger charge is 2.08. The molecule has 0 saturated carbocycles. The molecule has 3 N–H and O–H groups in total. The molecule has 6 heteroatoms. The molecule has 0 aliphatic heterocycles. The van der Waals surface area contributed by atoms with Gasteiger partial charge in [-0.15, -0.1) is 0 Å². The van der Waals surface area contributed by atoms with Gasteiger partial charge in [0.25, 0.3) is 5.91 Å². The lowest BCUT2D eigenvalue weighted by molar-refractivity contribution is -0.118. The Balaban J connectivity index is 1.96. The van der Waals surface area contributed by atoms with Crippen molar-refractivity contribution >= 4 is 17.3 Å². The molecule has 2 aromatic carbocycles. The number of carbonyl (C=O) groups is 1. The van der Waals surface area contributed by atoms with Gasteiger partial charge < -0.3 is 15.8 Å². The van der Waals surface area contributed by atoms with Crippen LogP contribution < -0.4 is 15.8 Å². The van der Waals surface area contributed by atoms with E-state index in [-0.39, 0.29) is 12.4 Å². The molecule has 0 heterocycles. The normalized spacial score (nSPS) is 10.2. The standard InChI is InChI=1S/C15H14F2N2O2/c1-9-13(18)3-2-4-14(9)19-15(20)8-21-10-5-6-11(16)12(17)7-10/h2-7H,8,18H2,1H3,(H,19,20). The first kappa shape index (κ1) is 14.8. The van der Waals surface area contributed by atoms with Crippen LogP contribution in [0.5, 0.6) is 5.75 Å². The molecule has 0 aliphatic carbocycles. The first-order valence-corrected chi connectivity index (χ1v) is 6.20. The van der Waals surface area contributed by atoms with Crippen LogP contribution in [-0.4, -0.2) is 12.5 Å². The van der Waals surface area contributed by atoms with Gasteiger partial charge in [-0.3, -0.25) is 4.79 Å². The zero-order valence-corrected chi connectivity index (χ0v) is 11.3. The van der Waals surface area contributed by atoms with Crippen LogP contribution in [0.25, 0.3) is 0 Å². The molecule has 2 rings (SSSR count). The van der Waals surface area contributed by atoms with Crippen molar-refractivity contribution in [3.63, 3.8) is 0 Å². The van der Waals surface area contributed by atoms with Crippen LogP contribution in [-0.2, 0) is 4.79 Å². The third-order valence-corrected chi connectivity index (χ3v) is 2.91. The number of amides is 1. The lowest BCUT2D eigenvalue weighted by Crippen LogP contribution is -2.20. The van der Waals surface area contributed by atoms with E-state index in [2.05, 4.69) is 5.32 Å². The molecular formula is C15H14F2N2O2. The Kier molecular flexibility index (Phi) is 4.37. The van der Waals surface area contributed by atoms with Crippen molar-refractivity contribution in [3.05, 3.63) is 53.6 Å². The second-order valence-electron chi connectivity index (χ2n) is 4.43. The van der Waals surface area contributed by atoms with E-state index in [0.717, 1.165) is 17.7 Å². The summed E-state index contributed by atoms with van der Waals surface area (Å²) in [7, 11) is 0. The molecule has 0 bridgehead atoms. The number of ether oxygens (including phenoxy) is 1. The van der Waals surface area contributed by atoms with Crippen LogP contribution in [0, 0.1) is 18.6 Å². The summed E-state index contributed by atoms with van der Waals surface area (Å²) in [5.41, 5.74) is 7.62. The fraction of sp³-hybridized carbons (Fsp3) is 0.133. The van der Waals surface area contributed by atoms with Gasteiger partial charge in [0.15, 0.2) is 18.2 Å². The number of nitrogen functional groups attached to an aromatic ring is 1. The minimum atomic E-state index is -1.03. The number of nitrogens with one attached hydrogen (secondary N) is 1. The minimum Gasteiger partial charge on any atom is -0.484 e. The van der Waals surface area contributed by atoms with Crippen molar-refractivity contribution in [3.8, 4) is 5.75 Å². The van der Waals surface area contributed by atoms with Crippen LogP contribution in [0.15, 0.2) is 36.4 Å². The number of hydrogen-bond donors (Lipinski definition) is 2. The average molecular weight is 292 g/mol. The Bertz CT molecular complexity index is 675. The number of rotatable bonds is 4. The monoisotopic (exact) mass is 292 g/mol. The molecule has 21 heavy (non-hydrogen) atoms. The molecule has 2 aromatic rings. The van der Waals surface area contributed by atoms with Crippen molar-refractivity contribution in [1.29, 1.82) is 0 Å². The predicted molar refractivity (Wildman–Crippen MR) is 76.1 cm³/mol. The van der Waals surface area contributed by atoms with Crippen molar-refractivity contribution in [2.75, 3.05) is 17.7 Å². The summed E-state index contributed by atoms with van der Waals surface area (Å²) in [6.07, 6.45) is 0. The molecule has 4 nitrogen and oxygen atoms in total. The van der Waals surface area contributed by atoms with Gasteiger partial charge in [0.05, 0.1) is 0 Å². The van der Waals surface area contributed by atoms with Gasteiger partial charge in [-0.05, 0) is 36.8 Å². The lowest BCUT2D eigenvalue weighted by atomic mass is 10.1.